The van der Waals surface area contributed by atoms with Gasteiger partial charge in [-0.1, -0.05) is 12.8 Å². The molecule has 2 amide bonds. The van der Waals surface area contributed by atoms with Crippen LogP contribution in [0.3, 0.4) is 0 Å². The number of hydrogen-bond acceptors (Lipinski definition) is 3. The molecule has 2 heterocycles. The van der Waals surface area contributed by atoms with Crippen LogP contribution in [0.2, 0.25) is 0 Å². The smallest absolute Gasteiger partial charge is 0.237 e. The number of likely N-dealkylation sites (tertiary alicyclic amines) is 1. The standard InChI is InChI=1S/C17H26N4O2/c18-15(22)12-21-9-7-19-17(21)14-6-3-8-20(11-14)16(23)10-13-4-1-2-5-13/h7,9,13-14H,1-6,8,10-12H2,(H2,18,22). The van der Waals surface area contributed by atoms with Crippen molar-refractivity contribution < 1.29 is 9.59 Å². The maximum atomic E-state index is 12.6. The van der Waals surface area contributed by atoms with E-state index in [2.05, 4.69) is 4.98 Å². The van der Waals surface area contributed by atoms with Crippen molar-refractivity contribution in [3.05, 3.63) is 18.2 Å². The molecule has 1 saturated heterocycles. The third kappa shape index (κ3) is 3.92. The number of carbonyl (C=O) groups is 2. The van der Waals surface area contributed by atoms with Crippen LogP contribution in [0.15, 0.2) is 12.4 Å². The highest BCUT2D eigenvalue weighted by Gasteiger charge is 2.29. The van der Waals surface area contributed by atoms with Gasteiger partial charge in [-0.25, -0.2) is 4.98 Å². The van der Waals surface area contributed by atoms with Gasteiger partial charge in [0.2, 0.25) is 11.8 Å². The van der Waals surface area contributed by atoms with Crippen LogP contribution in [0.1, 0.15) is 56.7 Å². The van der Waals surface area contributed by atoms with Gasteiger partial charge in [-0.05, 0) is 31.6 Å². The van der Waals surface area contributed by atoms with Gasteiger partial charge in [0.05, 0.1) is 0 Å². The first-order valence-corrected chi connectivity index (χ1v) is 8.70. The lowest BCUT2D eigenvalue weighted by molar-refractivity contribution is -0.133. The van der Waals surface area contributed by atoms with Gasteiger partial charge in [0.15, 0.2) is 0 Å². The summed E-state index contributed by atoms with van der Waals surface area (Å²) in [6, 6.07) is 0. The molecule has 6 nitrogen and oxygen atoms in total. The maximum Gasteiger partial charge on any atom is 0.237 e. The molecular weight excluding hydrogens is 292 g/mol. The molecule has 126 valence electrons. The van der Waals surface area contributed by atoms with E-state index in [-0.39, 0.29) is 24.3 Å². The fourth-order valence-corrected chi connectivity index (χ4v) is 3.99. The Balaban J connectivity index is 1.62. The van der Waals surface area contributed by atoms with Crippen molar-refractivity contribution >= 4 is 11.8 Å². The molecule has 6 heteroatoms. The van der Waals surface area contributed by atoms with Crippen molar-refractivity contribution in [3.8, 4) is 0 Å². The molecule has 0 radical (unpaired) electrons. The van der Waals surface area contributed by atoms with E-state index < -0.39 is 0 Å². The van der Waals surface area contributed by atoms with Gasteiger partial charge in [-0.15, -0.1) is 0 Å². The van der Waals surface area contributed by atoms with E-state index in [0.29, 0.717) is 18.9 Å². The third-order valence-corrected chi connectivity index (χ3v) is 5.15. The first-order chi connectivity index (χ1) is 11.1. The number of carbonyl (C=O) groups excluding carboxylic acids is 2. The summed E-state index contributed by atoms with van der Waals surface area (Å²) in [7, 11) is 0. The van der Waals surface area contributed by atoms with Crippen molar-refractivity contribution in [3.63, 3.8) is 0 Å². The Morgan fingerprint density at radius 1 is 1.22 bits per heavy atom. The Morgan fingerprint density at radius 2 is 2.00 bits per heavy atom. The number of aromatic nitrogens is 2. The van der Waals surface area contributed by atoms with Gasteiger partial charge in [0.25, 0.3) is 0 Å². The highest BCUT2D eigenvalue weighted by molar-refractivity contribution is 5.76. The van der Waals surface area contributed by atoms with Gasteiger partial charge in [-0.2, -0.15) is 0 Å². The van der Waals surface area contributed by atoms with Crippen LogP contribution >= 0.6 is 0 Å². The minimum Gasteiger partial charge on any atom is -0.368 e. The number of piperidine rings is 1. The highest BCUT2D eigenvalue weighted by Crippen LogP contribution is 2.30. The van der Waals surface area contributed by atoms with Gasteiger partial charge in [0.1, 0.15) is 12.4 Å². The molecule has 1 aliphatic carbocycles. The van der Waals surface area contributed by atoms with Crippen LogP contribution in [-0.4, -0.2) is 39.4 Å². The number of amides is 2. The van der Waals surface area contributed by atoms with Crippen LogP contribution in [0.25, 0.3) is 0 Å². The Hall–Kier alpha value is -1.85. The van der Waals surface area contributed by atoms with E-state index in [1.54, 1.807) is 12.4 Å². The Labute approximate surface area is 137 Å². The molecule has 0 bridgehead atoms. The van der Waals surface area contributed by atoms with E-state index in [4.69, 9.17) is 5.73 Å². The average molecular weight is 318 g/mol. The van der Waals surface area contributed by atoms with E-state index in [9.17, 15) is 9.59 Å². The zero-order valence-corrected chi connectivity index (χ0v) is 13.6. The van der Waals surface area contributed by atoms with Crippen molar-refractivity contribution in [1.29, 1.82) is 0 Å². The largest absolute Gasteiger partial charge is 0.368 e. The fraction of sp³-hybridized carbons (Fsp3) is 0.706. The number of primary amides is 1. The fourth-order valence-electron chi connectivity index (χ4n) is 3.99. The SMILES string of the molecule is NC(=O)Cn1ccnc1C1CCCN(C(=O)CC2CCCC2)C1. The van der Waals surface area contributed by atoms with Crippen LogP contribution in [-0.2, 0) is 16.1 Å². The molecule has 1 unspecified atom stereocenters. The first kappa shape index (κ1) is 16.0. The molecular formula is C17H26N4O2. The predicted octanol–water partition coefficient (Wildman–Crippen LogP) is 1.65. The monoisotopic (exact) mass is 318 g/mol. The lowest BCUT2D eigenvalue weighted by Gasteiger charge is -2.33. The molecule has 0 spiro atoms. The molecule has 2 N–H and O–H groups in total. The van der Waals surface area contributed by atoms with Crippen LogP contribution in [0, 0.1) is 5.92 Å². The third-order valence-electron chi connectivity index (χ3n) is 5.15. The lowest BCUT2D eigenvalue weighted by atomic mass is 9.95. The van der Waals surface area contributed by atoms with Gasteiger partial charge >= 0.3 is 0 Å². The second-order valence-corrected chi connectivity index (χ2v) is 6.91. The average Bonchev–Trinajstić information content (AvgIpc) is 3.18. The molecule has 1 aliphatic heterocycles. The van der Waals surface area contributed by atoms with E-state index in [1.165, 1.54) is 25.7 Å². The van der Waals surface area contributed by atoms with Crippen molar-refractivity contribution in [1.82, 2.24) is 14.5 Å². The molecule has 3 rings (SSSR count). The number of nitrogens with zero attached hydrogens (tertiary/aromatic N) is 3. The normalized spacial score (nSPS) is 22.4. The van der Waals surface area contributed by atoms with Gasteiger partial charge in [-0.3, -0.25) is 9.59 Å². The molecule has 23 heavy (non-hydrogen) atoms. The minimum absolute atomic E-state index is 0.155. The van der Waals surface area contributed by atoms with Crippen LogP contribution in [0.4, 0.5) is 0 Å². The van der Waals surface area contributed by atoms with Crippen molar-refractivity contribution in [2.75, 3.05) is 13.1 Å². The molecule has 1 aromatic heterocycles. The first-order valence-electron chi connectivity index (χ1n) is 8.70. The van der Waals surface area contributed by atoms with Crippen LogP contribution in [0.5, 0.6) is 0 Å². The summed E-state index contributed by atoms with van der Waals surface area (Å²) < 4.78 is 1.82. The number of nitrogens with two attached hydrogens (primary N) is 1. The molecule has 0 aromatic carbocycles. The summed E-state index contributed by atoms with van der Waals surface area (Å²) in [5, 5.41) is 0. The Morgan fingerprint density at radius 3 is 2.74 bits per heavy atom. The molecule has 2 fully saturated rings. The highest BCUT2D eigenvalue weighted by atomic mass is 16.2. The Bertz CT molecular complexity index is 563. The maximum absolute atomic E-state index is 12.6. The lowest BCUT2D eigenvalue weighted by Crippen LogP contribution is -2.40. The predicted molar refractivity (Wildman–Crippen MR) is 86.6 cm³/mol. The number of imidazole rings is 1. The quantitative estimate of drug-likeness (QED) is 0.896. The Kier molecular flexibility index (Phi) is 4.98. The van der Waals surface area contributed by atoms with E-state index >= 15 is 0 Å². The molecule has 1 saturated carbocycles. The summed E-state index contributed by atoms with van der Waals surface area (Å²) in [6.45, 7) is 1.71. The van der Waals surface area contributed by atoms with E-state index in [0.717, 1.165) is 25.2 Å². The van der Waals surface area contributed by atoms with Crippen molar-refractivity contribution in [2.45, 2.75) is 57.4 Å². The zero-order valence-electron chi connectivity index (χ0n) is 13.6. The summed E-state index contributed by atoms with van der Waals surface area (Å²) in [6.07, 6.45) is 11.1. The summed E-state index contributed by atoms with van der Waals surface area (Å²) in [5.74, 6) is 1.58. The van der Waals surface area contributed by atoms with Crippen LogP contribution < -0.4 is 5.73 Å². The topological polar surface area (TPSA) is 81.2 Å². The second-order valence-electron chi connectivity index (χ2n) is 6.91. The molecule has 2 aliphatic rings. The molecule has 1 atom stereocenters. The summed E-state index contributed by atoms with van der Waals surface area (Å²) in [4.78, 5) is 30.1. The minimum atomic E-state index is -0.366. The summed E-state index contributed by atoms with van der Waals surface area (Å²) >= 11 is 0. The van der Waals surface area contributed by atoms with Gasteiger partial charge in [0, 0.05) is 37.8 Å². The second kappa shape index (κ2) is 7.15. The number of hydrogen-bond donors (Lipinski definition) is 1. The number of rotatable bonds is 5. The van der Waals surface area contributed by atoms with Gasteiger partial charge < -0.3 is 15.2 Å². The zero-order chi connectivity index (χ0) is 16.2. The van der Waals surface area contributed by atoms with Crippen molar-refractivity contribution in [2.24, 2.45) is 11.7 Å². The molecule has 1 aromatic rings. The summed E-state index contributed by atoms with van der Waals surface area (Å²) in [5.41, 5.74) is 5.30. The van der Waals surface area contributed by atoms with E-state index in [1.807, 2.05) is 9.47 Å².